The van der Waals surface area contributed by atoms with Gasteiger partial charge in [-0.2, -0.15) is 0 Å². The molecule has 1 saturated heterocycles. The third-order valence-corrected chi connectivity index (χ3v) is 5.64. The van der Waals surface area contributed by atoms with Crippen molar-refractivity contribution in [1.29, 1.82) is 0 Å². The third-order valence-electron chi connectivity index (χ3n) is 5.32. The lowest BCUT2D eigenvalue weighted by molar-refractivity contribution is -0.384. The molecule has 0 radical (unpaired) electrons. The molecule has 9 heteroatoms. The molecule has 4 fully saturated rings. The second-order valence-corrected chi connectivity index (χ2v) is 6.92. The van der Waals surface area contributed by atoms with E-state index in [0.29, 0.717) is 0 Å². The number of Topliss-reactive ketones (excluding diaryl/α,β-unsaturated/α-hetero) is 2. The van der Waals surface area contributed by atoms with E-state index in [1.807, 2.05) is 0 Å². The third kappa shape index (κ3) is 2.07. The van der Waals surface area contributed by atoms with Gasteiger partial charge in [-0.15, -0.1) is 0 Å². The molecule has 2 amide bonds. The lowest BCUT2D eigenvalue weighted by Crippen LogP contribution is -2.51. The van der Waals surface area contributed by atoms with Crippen molar-refractivity contribution in [3.8, 4) is 0 Å². The van der Waals surface area contributed by atoms with Crippen LogP contribution in [0.1, 0.15) is 12.8 Å². The van der Waals surface area contributed by atoms with E-state index in [1.54, 1.807) is 0 Å². The van der Waals surface area contributed by atoms with Gasteiger partial charge in [-0.05, 0) is 12.1 Å². The first-order chi connectivity index (χ1) is 11.8. The molecule has 3 aliphatic carbocycles. The average Bonchev–Trinajstić information content (AvgIpc) is 2.82. The van der Waals surface area contributed by atoms with Gasteiger partial charge in [0.05, 0.1) is 22.4 Å². The Hall–Kier alpha value is -2.61. The van der Waals surface area contributed by atoms with Crippen LogP contribution in [0, 0.1) is 33.8 Å². The fourth-order valence-electron chi connectivity index (χ4n) is 4.21. The quantitative estimate of drug-likeness (QED) is 0.447. The fraction of sp³-hybridized carbons (Fsp3) is 0.375. The Morgan fingerprint density at radius 2 is 1.52 bits per heavy atom. The van der Waals surface area contributed by atoms with Crippen LogP contribution >= 0.6 is 11.6 Å². The highest BCUT2D eigenvalue weighted by molar-refractivity contribution is 6.33. The van der Waals surface area contributed by atoms with E-state index >= 15 is 0 Å². The smallest absolute Gasteiger partial charge is 0.289 e. The van der Waals surface area contributed by atoms with Crippen molar-refractivity contribution in [3.05, 3.63) is 33.3 Å². The number of imide groups is 1. The number of nitro groups is 1. The number of carbonyl (C=O) groups excluding carboxylic acids is 4. The number of rotatable bonds is 2. The van der Waals surface area contributed by atoms with E-state index < -0.39 is 46.1 Å². The molecule has 4 atom stereocenters. The summed E-state index contributed by atoms with van der Waals surface area (Å²) in [5.74, 6) is -4.76. The molecule has 1 aromatic carbocycles. The maximum absolute atomic E-state index is 12.8. The maximum Gasteiger partial charge on any atom is 0.289 e. The molecule has 3 saturated carbocycles. The Bertz CT molecular complexity index is 841. The van der Waals surface area contributed by atoms with E-state index in [9.17, 15) is 29.3 Å². The number of benzene rings is 1. The van der Waals surface area contributed by atoms with Gasteiger partial charge in [0.2, 0.25) is 11.8 Å². The molecular weight excluding hydrogens is 352 g/mol. The lowest BCUT2D eigenvalue weighted by atomic mass is 9.58. The van der Waals surface area contributed by atoms with E-state index in [2.05, 4.69) is 0 Å². The number of ketones is 2. The largest absolute Gasteiger partial charge is 0.299 e. The molecule has 0 N–H and O–H groups in total. The predicted molar refractivity (Wildman–Crippen MR) is 83.8 cm³/mol. The molecule has 5 rings (SSSR count). The normalized spacial score (nSPS) is 30.8. The van der Waals surface area contributed by atoms with E-state index in [-0.39, 0.29) is 35.1 Å². The van der Waals surface area contributed by atoms with Gasteiger partial charge < -0.3 is 0 Å². The average molecular weight is 363 g/mol. The minimum Gasteiger partial charge on any atom is -0.299 e. The number of anilines is 1. The zero-order chi connectivity index (χ0) is 18.0. The Morgan fingerprint density at radius 3 is 2.00 bits per heavy atom. The van der Waals surface area contributed by atoms with Crippen LogP contribution in [-0.2, 0) is 19.2 Å². The lowest BCUT2D eigenvalue weighted by Gasteiger charge is -2.40. The number of amides is 2. The van der Waals surface area contributed by atoms with Crippen LogP contribution in [0.2, 0.25) is 5.02 Å². The number of hydrogen-bond acceptors (Lipinski definition) is 6. The molecular formula is C16H11ClN2O6. The summed E-state index contributed by atoms with van der Waals surface area (Å²) in [5, 5.41) is 10.9. The maximum atomic E-state index is 12.8. The fourth-order valence-corrected chi connectivity index (χ4v) is 4.40. The molecule has 0 aromatic heterocycles. The predicted octanol–water partition coefficient (Wildman–Crippen LogP) is 1.53. The van der Waals surface area contributed by atoms with E-state index in [0.717, 1.165) is 11.0 Å². The number of halogens is 1. The van der Waals surface area contributed by atoms with Crippen molar-refractivity contribution in [2.45, 2.75) is 12.8 Å². The van der Waals surface area contributed by atoms with Crippen LogP contribution in [0.5, 0.6) is 0 Å². The number of nitro benzene ring substituents is 1. The summed E-state index contributed by atoms with van der Waals surface area (Å²) in [6.07, 6.45) is -0.0312. The monoisotopic (exact) mass is 362 g/mol. The highest BCUT2D eigenvalue weighted by atomic mass is 35.5. The summed E-state index contributed by atoms with van der Waals surface area (Å²) in [6.45, 7) is 0. The van der Waals surface area contributed by atoms with E-state index in [1.165, 1.54) is 12.1 Å². The van der Waals surface area contributed by atoms with Gasteiger partial charge in [-0.1, -0.05) is 11.6 Å². The van der Waals surface area contributed by atoms with Crippen LogP contribution in [0.4, 0.5) is 11.4 Å². The highest BCUT2D eigenvalue weighted by Crippen LogP contribution is 2.51. The summed E-state index contributed by atoms with van der Waals surface area (Å²) in [5.41, 5.74) is -0.399. The zero-order valence-corrected chi connectivity index (χ0v) is 13.4. The van der Waals surface area contributed by atoms with Crippen molar-refractivity contribution in [2.75, 3.05) is 4.90 Å². The van der Waals surface area contributed by atoms with Gasteiger partial charge in [-0.25, -0.2) is 4.90 Å². The van der Waals surface area contributed by atoms with Crippen LogP contribution in [0.25, 0.3) is 0 Å². The van der Waals surface area contributed by atoms with Gasteiger partial charge >= 0.3 is 0 Å². The first-order valence-corrected chi connectivity index (χ1v) is 8.06. The number of nitrogens with zero attached hydrogens (tertiary/aromatic N) is 2. The SMILES string of the molecule is O=C1C[C@H]2C(=O)C[C@H]1[C@H]1C(=O)N(c3ccc(Cl)c([N+](=O)[O-])c3)C(=O)[C@H]12. The number of hydrogen-bond donors (Lipinski definition) is 0. The standard InChI is InChI=1S/C16H11ClN2O6/c17-9-2-1-6(3-10(9)19(24)25)18-15(22)13-7-4-11(20)8(5-12(7)21)14(13)16(18)23/h1-3,7-8,13-14H,4-5H2/t7-,8+,13-,14+. The van der Waals surface area contributed by atoms with Gasteiger partial charge in [0.15, 0.2) is 0 Å². The summed E-state index contributed by atoms with van der Waals surface area (Å²) >= 11 is 5.77. The van der Waals surface area contributed by atoms with Gasteiger partial charge in [0.25, 0.3) is 5.69 Å². The van der Waals surface area contributed by atoms with Crippen LogP contribution in [0.3, 0.4) is 0 Å². The molecule has 8 nitrogen and oxygen atoms in total. The van der Waals surface area contributed by atoms with Crippen molar-refractivity contribution in [3.63, 3.8) is 0 Å². The van der Waals surface area contributed by atoms with Gasteiger partial charge in [-0.3, -0.25) is 29.3 Å². The number of carbonyl (C=O) groups is 4. The summed E-state index contributed by atoms with van der Waals surface area (Å²) in [6, 6.07) is 3.64. The zero-order valence-electron chi connectivity index (χ0n) is 12.7. The molecule has 25 heavy (non-hydrogen) atoms. The molecule has 1 aromatic rings. The Morgan fingerprint density at radius 1 is 1.00 bits per heavy atom. The molecule has 0 spiro atoms. The van der Waals surface area contributed by atoms with Crippen molar-refractivity contribution in [1.82, 2.24) is 0 Å². The second-order valence-electron chi connectivity index (χ2n) is 6.51. The van der Waals surface area contributed by atoms with Gasteiger partial charge in [0, 0.05) is 30.7 Å². The second kappa shape index (κ2) is 5.19. The van der Waals surface area contributed by atoms with Crippen molar-refractivity contribution in [2.24, 2.45) is 23.7 Å². The van der Waals surface area contributed by atoms with Crippen molar-refractivity contribution >= 4 is 46.4 Å². The molecule has 1 heterocycles. The number of fused-ring (bicyclic) bond motifs is 2. The summed E-state index contributed by atoms with van der Waals surface area (Å²) < 4.78 is 0. The minimum atomic E-state index is -0.855. The Kier molecular flexibility index (Phi) is 3.30. The molecule has 0 unspecified atom stereocenters. The highest BCUT2D eigenvalue weighted by Gasteiger charge is 2.63. The molecule has 128 valence electrons. The van der Waals surface area contributed by atoms with Crippen molar-refractivity contribution < 1.29 is 24.1 Å². The minimum absolute atomic E-state index is 0.0156. The first-order valence-electron chi connectivity index (χ1n) is 7.68. The first kappa shape index (κ1) is 15.9. The van der Waals surface area contributed by atoms with Gasteiger partial charge in [0.1, 0.15) is 16.6 Å². The molecule has 2 bridgehead atoms. The van der Waals surface area contributed by atoms with Crippen LogP contribution in [0.15, 0.2) is 18.2 Å². The Balaban J connectivity index is 1.79. The topological polar surface area (TPSA) is 115 Å². The van der Waals surface area contributed by atoms with Crippen LogP contribution < -0.4 is 4.90 Å². The Labute approximate surface area is 145 Å². The molecule has 1 aliphatic heterocycles. The summed E-state index contributed by atoms with van der Waals surface area (Å²) in [7, 11) is 0. The molecule has 4 aliphatic rings. The van der Waals surface area contributed by atoms with E-state index in [4.69, 9.17) is 11.6 Å². The van der Waals surface area contributed by atoms with Crippen LogP contribution in [-0.4, -0.2) is 28.3 Å². The summed E-state index contributed by atoms with van der Waals surface area (Å²) in [4.78, 5) is 61.0.